The van der Waals surface area contributed by atoms with E-state index in [2.05, 4.69) is 5.32 Å². The Hall–Kier alpha value is -2.37. The average Bonchev–Trinajstić information content (AvgIpc) is 2.76. The van der Waals surface area contributed by atoms with Gasteiger partial charge in [-0.1, -0.05) is 38.2 Å². The highest BCUT2D eigenvalue weighted by Gasteiger charge is 2.24. The zero-order chi connectivity index (χ0) is 21.3. The molecule has 6 nitrogen and oxygen atoms in total. The highest BCUT2D eigenvalue weighted by molar-refractivity contribution is 5.94. The van der Waals surface area contributed by atoms with Gasteiger partial charge in [-0.2, -0.15) is 0 Å². The van der Waals surface area contributed by atoms with Gasteiger partial charge in [-0.05, 0) is 49.3 Å². The fourth-order valence-electron chi connectivity index (χ4n) is 4.54. The Morgan fingerprint density at radius 3 is 2.47 bits per heavy atom. The maximum Gasteiger partial charge on any atom is 0.308 e. The third-order valence-electron chi connectivity index (χ3n) is 6.34. The third kappa shape index (κ3) is 6.85. The molecule has 2 aliphatic rings. The summed E-state index contributed by atoms with van der Waals surface area (Å²) in [4.78, 5) is 37.9. The Labute approximate surface area is 179 Å². The number of piperidine rings is 1. The van der Waals surface area contributed by atoms with Gasteiger partial charge in [0.15, 0.2) is 0 Å². The van der Waals surface area contributed by atoms with Crippen LogP contribution in [0.2, 0.25) is 0 Å². The number of rotatable bonds is 7. The Bertz CT molecular complexity index is 734. The van der Waals surface area contributed by atoms with Gasteiger partial charge in [0.1, 0.15) is 5.75 Å². The predicted octanol–water partition coefficient (Wildman–Crippen LogP) is 3.94. The van der Waals surface area contributed by atoms with Crippen LogP contribution >= 0.6 is 0 Å². The normalized spacial score (nSPS) is 18.1. The number of ether oxygens (including phenoxy) is 1. The number of nitrogens with one attached hydrogen (secondary N) is 1. The Kier molecular flexibility index (Phi) is 8.29. The van der Waals surface area contributed by atoms with Crippen LogP contribution in [-0.4, -0.2) is 42.3 Å². The lowest BCUT2D eigenvalue weighted by molar-refractivity contribution is -0.131. The van der Waals surface area contributed by atoms with Crippen LogP contribution in [0, 0.1) is 11.8 Å². The summed E-state index contributed by atoms with van der Waals surface area (Å²) in [6.07, 6.45) is 9.98. The fourth-order valence-corrected chi connectivity index (χ4v) is 4.54. The van der Waals surface area contributed by atoms with E-state index in [4.69, 9.17) is 4.74 Å². The number of nitrogens with zero attached hydrogens (tertiary/aromatic N) is 1. The van der Waals surface area contributed by atoms with Crippen molar-refractivity contribution >= 4 is 17.8 Å². The summed E-state index contributed by atoms with van der Waals surface area (Å²) in [7, 11) is 0. The molecule has 0 atom stereocenters. The molecule has 6 heteroatoms. The second-order valence-corrected chi connectivity index (χ2v) is 8.70. The fraction of sp³-hybridized carbons (Fsp3) is 0.625. The molecule has 1 aliphatic heterocycles. The molecule has 1 aromatic rings. The Morgan fingerprint density at radius 2 is 1.77 bits per heavy atom. The smallest absolute Gasteiger partial charge is 0.308 e. The highest BCUT2D eigenvalue weighted by Crippen LogP contribution is 2.27. The van der Waals surface area contributed by atoms with Gasteiger partial charge in [-0.3, -0.25) is 14.4 Å². The van der Waals surface area contributed by atoms with Crippen molar-refractivity contribution in [2.45, 2.75) is 64.7 Å². The first-order valence-electron chi connectivity index (χ1n) is 11.4. The molecule has 2 amide bonds. The molecule has 0 radical (unpaired) electrons. The lowest BCUT2D eigenvalue weighted by Gasteiger charge is -2.32. The van der Waals surface area contributed by atoms with Gasteiger partial charge >= 0.3 is 5.97 Å². The molecule has 1 aliphatic carbocycles. The van der Waals surface area contributed by atoms with Crippen LogP contribution in [-0.2, 0) is 9.59 Å². The quantitative estimate of drug-likeness (QED) is 0.542. The van der Waals surface area contributed by atoms with Crippen LogP contribution < -0.4 is 10.1 Å². The van der Waals surface area contributed by atoms with Gasteiger partial charge in [0.05, 0.1) is 0 Å². The first-order valence-corrected chi connectivity index (χ1v) is 11.4. The van der Waals surface area contributed by atoms with E-state index in [0.29, 0.717) is 43.3 Å². The first-order chi connectivity index (χ1) is 14.5. The minimum absolute atomic E-state index is 0.0426. The lowest BCUT2D eigenvalue weighted by Crippen LogP contribution is -2.41. The number of hydrogen-bond donors (Lipinski definition) is 1. The van der Waals surface area contributed by atoms with Gasteiger partial charge in [-0.25, -0.2) is 0 Å². The zero-order valence-corrected chi connectivity index (χ0v) is 18.0. The predicted molar refractivity (Wildman–Crippen MR) is 115 cm³/mol. The van der Waals surface area contributed by atoms with Crippen molar-refractivity contribution in [3.8, 4) is 5.75 Å². The van der Waals surface area contributed by atoms with Crippen LogP contribution in [0.4, 0.5) is 0 Å². The number of esters is 1. The van der Waals surface area contributed by atoms with E-state index in [1.165, 1.54) is 39.0 Å². The van der Waals surface area contributed by atoms with Crippen molar-refractivity contribution in [2.24, 2.45) is 11.8 Å². The van der Waals surface area contributed by atoms with Gasteiger partial charge in [-0.15, -0.1) is 0 Å². The van der Waals surface area contributed by atoms with E-state index >= 15 is 0 Å². The second kappa shape index (κ2) is 11.1. The molecule has 30 heavy (non-hydrogen) atoms. The molecule has 0 bridgehead atoms. The van der Waals surface area contributed by atoms with Gasteiger partial charge in [0, 0.05) is 38.5 Å². The summed E-state index contributed by atoms with van der Waals surface area (Å²) in [6, 6.07) is 6.75. The molecule has 1 N–H and O–H groups in total. The number of carbonyl (C=O) groups excluding carboxylic acids is 3. The van der Waals surface area contributed by atoms with E-state index in [9.17, 15) is 14.4 Å². The number of amides is 2. The molecule has 1 saturated heterocycles. The van der Waals surface area contributed by atoms with Crippen molar-refractivity contribution in [3.63, 3.8) is 0 Å². The molecule has 0 spiro atoms. The largest absolute Gasteiger partial charge is 0.427 e. The van der Waals surface area contributed by atoms with Crippen LogP contribution in [0.15, 0.2) is 24.3 Å². The molecule has 0 aromatic heterocycles. The maximum atomic E-state index is 12.8. The van der Waals surface area contributed by atoms with E-state index in [1.807, 2.05) is 4.90 Å². The molecule has 3 rings (SSSR count). The van der Waals surface area contributed by atoms with E-state index in [0.717, 1.165) is 25.2 Å². The van der Waals surface area contributed by atoms with Crippen LogP contribution in [0.25, 0.3) is 0 Å². The van der Waals surface area contributed by atoms with Crippen LogP contribution in [0.3, 0.4) is 0 Å². The van der Waals surface area contributed by atoms with E-state index < -0.39 is 5.97 Å². The van der Waals surface area contributed by atoms with Gasteiger partial charge in [0.25, 0.3) is 5.91 Å². The van der Waals surface area contributed by atoms with Crippen molar-refractivity contribution in [3.05, 3.63) is 29.8 Å². The summed E-state index contributed by atoms with van der Waals surface area (Å²) in [5.41, 5.74) is 0.531. The summed E-state index contributed by atoms with van der Waals surface area (Å²) in [6.45, 7) is 3.40. The zero-order valence-electron chi connectivity index (χ0n) is 18.0. The molecule has 2 fully saturated rings. The number of likely N-dealkylation sites (tertiary alicyclic amines) is 1. The molecule has 0 unspecified atom stereocenters. The maximum absolute atomic E-state index is 12.8. The van der Waals surface area contributed by atoms with Crippen molar-refractivity contribution in [1.29, 1.82) is 0 Å². The number of benzene rings is 1. The summed E-state index contributed by atoms with van der Waals surface area (Å²) in [5.74, 6) is 1.26. The monoisotopic (exact) mass is 414 g/mol. The summed E-state index contributed by atoms with van der Waals surface area (Å²) < 4.78 is 5.07. The number of hydrogen-bond acceptors (Lipinski definition) is 4. The Balaban J connectivity index is 1.37. The van der Waals surface area contributed by atoms with Crippen LogP contribution in [0.1, 0.15) is 75.1 Å². The third-order valence-corrected chi connectivity index (χ3v) is 6.34. The topological polar surface area (TPSA) is 75.7 Å². The SMILES string of the molecule is CC(=O)Oc1cccc(C(=O)N2CCC(CNC(=O)CCC3CCCCC3)CC2)c1. The summed E-state index contributed by atoms with van der Waals surface area (Å²) >= 11 is 0. The highest BCUT2D eigenvalue weighted by atomic mass is 16.5. The van der Waals surface area contributed by atoms with Crippen molar-refractivity contribution in [1.82, 2.24) is 10.2 Å². The molecule has 1 aromatic carbocycles. The van der Waals surface area contributed by atoms with E-state index in [1.54, 1.807) is 24.3 Å². The molecule has 1 saturated carbocycles. The minimum Gasteiger partial charge on any atom is -0.427 e. The van der Waals surface area contributed by atoms with Crippen LogP contribution in [0.5, 0.6) is 5.75 Å². The molecule has 164 valence electrons. The lowest BCUT2D eigenvalue weighted by atomic mass is 9.86. The van der Waals surface area contributed by atoms with Crippen molar-refractivity contribution in [2.75, 3.05) is 19.6 Å². The first kappa shape index (κ1) is 22.3. The number of carbonyl (C=O) groups is 3. The summed E-state index contributed by atoms with van der Waals surface area (Å²) in [5, 5.41) is 3.10. The molecule has 1 heterocycles. The van der Waals surface area contributed by atoms with E-state index in [-0.39, 0.29) is 11.8 Å². The molecular formula is C24H34N2O4. The van der Waals surface area contributed by atoms with Gasteiger partial charge in [0.2, 0.25) is 5.91 Å². The van der Waals surface area contributed by atoms with Gasteiger partial charge < -0.3 is 15.0 Å². The molecular weight excluding hydrogens is 380 g/mol. The standard InChI is InChI=1S/C24H34N2O4/c1-18(27)30-22-9-5-8-21(16-22)24(29)26-14-12-20(13-15-26)17-25-23(28)11-10-19-6-3-2-4-7-19/h5,8-9,16,19-20H,2-4,6-7,10-15,17H2,1H3,(H,25,28). The average molecular weight is 415 g/mol. The second-order valence-electron chi connectivity index (χ2n) is 8.70. The van der Waals surface area contributed by atoms with Crippen molar-refractivity contribution < 1.29 is 19.1 Å². The Morgan fingerprint density at radius 1 is 1.03 bits per heavy atom. The minimum atomic E-state index is -0.402.